The summed E-state index contributed by atoms with van der Waals surface area (Å²) in [4.78, 5) is 2.06. The Bertz CT molecular complexity index is 547. The van der Waals surface area contributed by atoms with Gasteiger partial charge in [0.1, 0.15) is 0 Å². The molecule has 0 fully saturated rings. The van der Waals surface area contributed by atoms with Gasteiger partial charge in [-0.25, -0.2) is 0 Å². The van der Waals surface area contributed by atoms with E-state index in [1.54, 1.807) is 0 Å². The smallest absolute Gasteiger partial charge is 0.246 e. The van der Waals surface area contributed by atoms with E-state index in [4.69, 9.17) is 22.3 Å². The van der Waals surface area contributed by atoms with E-state index in [2.05, 4.69) is 16.7 Å². The minimum Gasteiger partial charge on any atom is -0.449 e. The zero-order valence-electron chi connectivity index (χ0n) is 12.0. The summed E-state index contributed by atoms with van der Waals surface area (Å²) in [5.41, 5.74) is 1.18. The SMILES string of the molecule is C#CCN(CC#C)CCc1ccc2c(c1)OC(C)(C)O2. The maximum Gasteiger partial charge on any atom is 0.246 e. The van der Waals surface area contributed by atoms with Gasteiger partial charge in [0.25, 0.3) is 0 Å². The molecule has 20 heavy (non-hydrogen) atoms. The second-order valence-electron chi connectivity index (χ2n) is 5.25. The largest absolute Gasteiger partial charge is 0.449 e. The van der Waals surface area contributed by atoms with E-state index in [0.29, 0.717) is 13.1 Å². The Balaban J connectivity index is 1.99. The predicted octanol–water partition coefficient (Wildman–Crippen LogP) is 2.30. The number of hydrogen-bond donors (Lipinski definition) is 0. The Morgan fingerprint density at radius 2 is 1.75 bits per heavy atom. The van der Waals surface area contributed by atoms with Crippen molar-refractivity contribution < 1.29 is 9.47 Å². The van der Waals surface area contributed by atoms with Gasteiger partial charge in [-0.2, -0.15) is 0 Å². The third-order valence-electron chi connectivity index (χ3n) is 3.07. The Labute approximate surface area is 120 Å². The minimum atomic E-state index is -0.583. The standard InChI is InChI=1S/C17H19NO2/c1-5-10-18(11-6-2)12-9-14-7-8-15-16(13-14)20-17(3,4)19-15/h1-2,7-8,13H,9-12H2,3-4H3. The second-order valence-corrected chi connectivity index (χ2v) is 5.25. The lowest BCUT2D eigenvalue weighted by Gasteiger charge is -2.16. The van der Waals surface area contributed by atoms with Gasteiger partial charge in [-0.1, -0.05) is 17.9 Å². The maximum absolute atomic E-state index is 5.74. The van der Waals surface area contributed by atoms with Crippen LogP contribution in [0, 0.1) is 24.7 Å². The van der Waals surface area contributed by atoms with E-state index in [9.17, 15) is 0 Å². The van der Waals surface area contributed by atoms with Crippen molar-refractivity contribution in [1.82, 2.24) is 4.90 Å². The highest BCUT2D eigenvalue weighted by Crippen LogP contribution is 2.39. The molecule has 1 aromatic carbocycles. The molecule has 0 unspecified atom stereocenters. The van der Waals surface area contributed by atoms with E-state index in [0.717, 1.165) is 24.5 Å². The Kier molecular flexibility index (Phi) is 4.23. The van der Waals surface area contributed by atoms with Crippen molar-refractivity contribution in [1.29, 1.82) is 0 Å². The molecule has 3 heteroatoms. The first-order chi connectivity index (χ1) is 9.54. The third kappa shape index (κ3) is 3.47. The number of rotatable bonds is 5. The van der Waals surface area contributed by atoms with E-state index in [1.807, 2.05) is 32.0 Å². The van der Waals surface area contributed by atoms with Crippen molar-refractivity contribution in [2.24, 2.45) is 0 Å². The highest BCUT2D eigenvalue weighted by atomic mass is 16.7. The summed E-state index contributed by atoms with van der Waals surface area (Å²) >= 11 is 0. The summed E-state index contributed by atoms with van der Waals surface area (Å²) in [6.45, 7) is 5.77. The van der Waals surface area contributed by atoms with Crippen LogP contribution in [-0.2, 0) is 6.42 Å². The average Bonchev–Trinajstić information content (AvgIpc) is 2.69. The molecular formula is C17H19NO2. The van der Waals surface area contributed by atoms with Crippen molar-refractivity contribution in [3.8, 4) is 36.2 Å². The summed E-state index contributed by atoms with van der Waals surface area (Å²) in [7, 11) is 0. The Morgan fingerprint density at radius 1 is 1.10 bits per heavy atom. The van der Waals surface area contributed by atoms with E-state index < -0.39 is 5.79 Å². The summed E-state index contributed by atoms with van der Waals surface area (Å²) in [5.74, 6) is 6.26. The van der Waals surface area contributed by atoms with Crippen molar-refractivity contribution in [2.75, 3.05) is 19.6 Å². The topological polar surface area (TPSA) is 21.7 Å². The van der Waals surface area contributed by atoms with Crippen molar-refractivity contribution in [2.45, 2.75) is 26.1 Å². The maximum atomic E-state index is 5.74. The zero-order chi connectivity index (χ0) is 14.6. The molecule has 0 saturated heterocycles. The molecule has 1 aliphatic heterocycles. The molecule has 0 saturated carbocycles. The molecule has 0 aliphatic carbocycles. The van der Waals surface area contributed by atoms with Gasteiger partial charge in [0, 0.05) is 20.4 Å². The van der Waals surface area contributed by atoms with Crippen LogP contribution >= 0.6 is 0 Å². The molecule has 0 amide bonds. The fourth-order valence-electron chi connectivity index (χ4n) is 2.18. The van der Waals surface area contributed by atoms with Crippen LogP contribution in [0.2, 0.25) is 0 Å². The Hall–Kier alpha value is -2.10. The van der Waals surface area contributed by atoms with Gasteiger partial charge >= 0.3 is 0 Å². The van der Waals surface area contributed by atoms with Crippen LogP contribution < -0.4 is 9.47 Å². The number of benzene rings is 1. The lowest BCUT2D eigenvalue weighted by molar-refractivity contribution is -0.0431. The monoisotopic (exact) mass is 269 g/mol. The molecule has 0 radical (unpaired) electrons. The van der Waals surface area contributed by atoms with Gasteiger partial charge in [0.05, 0.1) is 13.1 Å². The molecule has 0 spiro atoms. The van der Waals surface area contributed by atoms with Gasteiger partial charge in [0.2, 0.25) is 5.79 Å². The lowest BCUT2D eigenvalue weighted by Crippen LogP contribution is -2.29. The van der Waals surface area contributed by atoms with Crippen molar-refractivity contribution in [3.05, 3.63) is 23.8 Å². The number of terminal acetylenes is 2. The van der Waals surface area contributed by atoms with Crippen LogP contribution in [0.25, 0.3) is 0 Å². The third-order valence-corrected chi connectivity index (χ3v) is 3.07. The second kappa shape index (κ2) is 5.90. The Morgan fingerprint density at radius 3 is 2.40 bits per heavy atom. The van der Waals surface area contributed by atoms with Crippen LogP contribution in [0.1, 0.15) is 19.4 Å². The molecule has 1 aromatic rings. The summed E-state index contributed by atoms with van der Waals surface area (Å²) < 4.78 is 11.4. The lowest BCUT2D eigenvalue weighted by atomic mass is 10.1. The first-order valence-electron chi connectivity index (χ1n) is 6.64. The van der Waals surface area contributed by atoms with Crippen LogP contribution in [0.4, 0.5) is 0 Å². The molecule has 2 rings (SSSR count). The van der Waals surface area contributed by atoms with E-state index >= 15 is 0 Å². The molecule has 3 nitrogen and oxygen atoms in total. The highest BCUT2D eigenvalue weighted by molar-refractivity contribution is 5.45. The summed E-state index contributed by atoms with van der Waals surface area (Å²) in [6, 6.07) is 6.02. The van der Waals surface area contributed by atoms with Crippen molar-refractivity contribution in [3.63, 3.8) is 0 Å². The first kappa shape index (κ1) is 14.3. The number of hydrogen-bond acceptors (Lipinski definition) is 3. The fraction of sp³-hybridized carbons (Fsp3) is 0.412. The number of fused-ring (bicyclic) bond motifs is 1. The van der Waals surface area contributed by atoms with Gasteiger partial charge in [0.15, 0.2) is 11.5 Å². The molecule has 1 aliphatic rings. The van der Waals surface area contributed by atoms with Gasteiger partial charge in [-0.05, 0) is 24.1 Å². The summed E-state index contributed by atoms with van der Waals surface area (Å²) in [6.07, 6.45) is 11.5. The molecule has 104 valence electrons. The summed E-state index contributed by atoms with van der Waals surface area (Å²) in [5, 5.41) is 0. The predicted molar refractivity (Wildman–Crippen MR) is 79.6 cm³/mol. The molecule has 0 bridgehead atoms. The van der Waals surface area contributed by atoms with Crippen LogP contribution in [-0.4, -0.2) is 30.3 Å². The quantitative estimate of drug-likeness (QED) is 0.766. The average molecular weight is 269 g/mol. The van der Waals surface area contributed by atoms with Gasteiger partial charge < -0.3 is 9.47 Å². The molecule has 0 atom stereocenters. The molecule has 0 aromatic heterocycles. The van der Waals surface area contributed by atoms with Crippen LogP contribution in [0.15, 0.2) is 18.2 Å². The van der Waals surface area contributed by atoms with E-state index in [1.165, 1.54) is 5.56 Å². The minimum absolute atomic E-state index is 0.571. The molecule has 0 N–H and O–H groups in total. The normalized spacial score (nSPS) is 14.8. The van der Waals surface area contributed by atoms with Crippen LogP contribution in [0.3, 0.4) is 0 Å². The van der Waals surface area contributed by atoms with Crippen molar-refractivity contribution >= 4 is 0 Å². The molecular weight excluding hydrogens is 250 g/mol. The number of ether oxygens (including phenoxy) is 2. The zero-order valence-corrected chi connectivity index (χ0v) is 12.0. The van der Waals surface area contributed by atoms with E-state index in [-0.39, 0.29) is 0 Å². The highest BCUT2D eigenvalue weighted by Gasteiger charge is 2.31. The van der Waals surface area contributed by atoms with Gasteiger partial charge in [-0.3, -0.25) is 4.90 Å². The van der Waals surface area contributed by atoms with Gasteiger partial charge in [-0.15, -0.1) is 12.8 Å². The van der Waals surface area contributed by atoms with Crippen LogP contribution in [0.5, 0.6) is 11.5 Å². The number of nitrogens with zero attached hydrogens (tertiary/aromatic N) is 1. The fourth-order valence-corrected chi connectivity index (χ4v) is 2.18. The first-order valence-corrected chi connectivity index (χ1v) is 6.64. The molecule has 1 heterocycles.